The predicted octanol–water partition coefficient (Wildman–Crippen LogP) is 3.82. The summed E-state index contributed by atoms with van der Waals surface area (Å²) in [5.41, 5.74) is 0.268. The van der Waals surface area contributed by atoms with E-state index >= 15 is 0 Å². The highest BCUT2D eigenvalue weighted by Gasteiger charge is 2.11. The Kier molecular flexibility index (Phi) is 4.63. The van der Waals surface area contributed by atoms with E-state index in [9.17, 15) is 9.18 Å². The topological polar surface area (TPSA) is 46.5 Å². The lowest BCUT2D eigenvalue weighted by atomic mass is 10.1. The molecule has 0 aliphatic carbocycles. The highest BCUT2D eigenvalue weighted by atomic mass is 32.2. The van der Waals surface area contributed by atoms with E-state index in [4.69, 9.17) is 9.84 Å². The summed E-state index contributed by atoms with van der Waals surface area (Å²) in [7, 11) is 0. The first kappa shape index (κ1) is 14.4. The van der Waals surface area contributed by atoms with Crippen molar-refractivity contribution in [3.8, 4) is 5.75 Å². The molecule has 2 aromatic rings. The van der Waals surface area contributed by atoms with Gasteiger partial charge in [0.05, 0.1) is 5.56 Å². The minimum atomic E-state index is -1.28. The Morgan fingerprint density at radius 2 is 2.05 bits per heavy atom. The lowest BCUT2D eigenvalue weighted by Crippen LogP contribution is -2.03. The van der Waals surface area contributed by atoms with E-state index in [1.54, 1.807) is 11.8 Å². The van der Waals surface area contributed by atoms with E-state index in [1.807, 2.05) is 30.5 Å². The first-order valence-electron chi connectivity index (χ1n) is 5.89. The Hall–Kier alpha value is -2.01. The number of para-hydroxylation sites is 1. The third-order valence-electron chi connectivity index (χ3n) is 2.72. The summed E-state index contributed by atoms with van der Waals surface area (Å²) in [6.07, 6.45) is 1.95. The van der Waals surface area contributed by atoms with Crippen LogP contribution < -0.4 is 4.74 Å². The monoisotopic (exact) mass is 292 g/mol. The van der Waals surface area contributed by atoms with Crippen LogP contribution in [0.15, 0.2) is 47.4 Å². The first-order chi connectivity index (χ1) is 9.61. The molecule has 20 heavy (non-hydrogen) atoms. The SMILES string of the molecule is CSc1ccccc1OCc1ccc(F)c(C(=O)O)c1. The minimum absolute atomic E-state index is 0.193. The van der Waals surface area contributed by atoms with Gasteiger partial charge < -0.3 is 9.84 Å². The normalized spacial score (nSPS) is 10.3. The van der Waals surface area contributed by atoms with Crippen LogP contribution >= 0.6 is 11.8 Å². The lowest BCUT2D eigenvalue weighted by Gasteiger charge is -2.10. The average molecular weight is 292 g/mol. The maximum atomic E-state index is 13.3. The van der Waals surface area contributed by atoms with Crippen molar-refractivity contribution in [1.29, 1.82) is 0 Å². The number of ether oxygens (including phenoxy) is 1. The zero-order valence-corrected chi connectivity index (χ0v) is 11.6. The van der Waals surface area contributed by atoms with Gasteiger partial charge in [0.25, 0.3) is 0 Å². The van der Waals surface area contributed by atoms with E-state index in [0.29, 0.717) is 5.56 Å². The fourth-order valence-electron chi connectivity index (χ4n) is 1.73. The van der Waals surface area contributed by atoms with Crippen LogP contribution in [0.3, 0.4) is 0 Å². The van der Waals surface area contributed by atoms with Gasteiger partial charge in [-0.25, -0.2) is 9.18 Å². The quantitative estimate of drug-likeness (QED) is 0.851. The van der Waals surface area contributed by atoms with Crippen LogP contribution in [0.2, 0.25) is 0 Å². The highest BCUT2D eigenvalue weighted by Crippen LogP contribution is 2.27. The molecule has 0 atom stereocenters. The van der Waals surface area contributed by atoms with Gasteiger partial charge in [0.2, 0.25) is 0 Å². The smallest absolute Gasteiger partial charge is 0.338 e. The van der Waals surface area contributed by atoms with E-state index in [2.05, 4.69) is 0 Å². The van der Waals surface area contributed by atoms with E-state index in [1.165, 1.54) is 12.1 Å². The maximum Gasteiger partial charge on any atom is 0.338 e. The van der Waals surface area contributed by atoms with Crippen LogP contribution in [-0.2, 0) is 6.61 Å². The second-order valence-electron chi connectivity index (χ2n) is 4.06. The number of carboxylic acids is 1. The highest BCUT2D eigenvalue weighted by molar-refractivity contribution is 7.98. The Balaban J connectivity index is 2.15. The number of carbonyl (C=O) groups is 1. The zero-order chi connectivity index (χ0) is 14.5. The molecule has 0 bridgehead atoms. The molecule has 5 heteroatoms. The summed E-state index contributed by atoms with van der Waals surface area (Å²) in [6, 6.07) is 11.5. The minimum Gasteiger partial charge on any atom is -0.488 e. The van der Waals surface area contributed by atoms with Crippen LogP contribution in [0.25, 0.3) is 0 Å². The van der Waals surface area contributed by atoms with Crippen LogP contribution in [0.5, 0.6) is 5.75 Å². The number of rotatable bonds is 5. The van der Waals surface area contributed by atoms with E-state index < -0.39 is 11.8 Å². The number of hydrogen-bond donors (Lipinski definition) is 1. The first-order valence-corrected chi connectivity index (χ1v) is 7.12. The summed E-state index contributed by atoms with van der Waals surface area (Å²) in [4.78, 5) is 11.9. The summed E-state index contributed by atoms with van der Waals surface area (Å²) in [6.45, 7) is 0.193. The summed E-state index contributed by atoms with van der Waals surface area (Å²) < 4.78 is 18.9. The zero-order valence-electron chi connectivity index (χ0n) is 10.8. The number of halogens is 1. The van der Waals surface area contributed by atoms with Crippen molar-refractivity contribution in [1.82, 2.24) is 0 Å². The fraction of sp³-hybridized carbons (Fsp3) is 0.133. The Labute approximate surface area is 120 Å². The number of thioether (sulfide) groups is 1. The fourth-order valence-corrected chi connectivity index (χ4v) is 2.27. The Bertz CT molecular complexity index is 628. The van der Waals surface area contributed by atoms with Gasteiger partial charge in [-0.05, 0) is 36.1 Å². The predicted molar refractivity (Wildman–Crippen MR) is 75.9 cm³/mol. The molecular weight excluding hydrogens is 279 g/mol. The van der Waals surface area contributed by atoms with Crippen LogP contribution in [0, 0.1) is 5.82 Å². The van der Waals surface area contributed by atoms with Crippen LogP contribution in [0.4, 0.5) is 4.39 Å². The molecule has 0 unspecified atom stereocenters. The molecule has 0 saturated carbocycles. The van der Waals surface area contributed by atoms with Crippen LogP contribution in [0.1, 0.15) is 15.9 Å². The second-order valence-corrected chi connectivity index (χ2v) is 4.91. The molecule has 0 amide bonds. The van der Waals surface area contributed by atoms with Crippen molar-refractivity contribution < 1.29 is 19.0 Å². The van der Waals surface area contributed by atoms with Crippen molar-refractivity contribution in [3.05, 3.63) is 59.4 Å². The molecule has 0 fully saturated rings. The average Bonchev–Trinajstić information content (AvgIpc) is 2.46. The van der Waals surface area contributed by atoms with E-state index in [0.717, 1.165) is 16.7 Å². The van der Waals surface area contributed by atoms with Gasteiger partial charge in [0.1, 0.15) is 18.2 Å². The van der Waals surface area contributed by atoms with Crippen molar-refractivity contribution in [3.63, 3.8) is 0 Å². The van der Waals surface area contributed by atoms with Gasteiger partial charge in [-0.2, -0.15) is 0 Å². The molecule has 2 aromatic carbocycles. The molecule has 104 valence electrons. The molecule has 0 spiro atoms. The lowest BCUT2D eigenvalue weighted by molar-refractivity contribution is 0.0691. The molecule has 0 saturated heterocycles. The Morgan fingerprint density at radius 3 is 2.75 bits per heavy atom. The molecule has 0 heterocycles. The van der Waals surface area contributed by atoms with Crippen molar-refractivity contribution >= 4 is 17.7 Å². The molecule has 0 aromatic heterocycles. The second kappa shape index (κ2) is 6.43. The van der Waals surface area contributed by atoms with Gasteiger partial charge in [0.15, 0.2) is 0 Å². The molecule has 0 aliphatic rings. The van der Waals surface area contributed by atoms with Gasteiger partial charge >= 0.3 is 5.97 Å². The van der Waals surface area contributed by atoms with Gasteiger partial charge in [-0.3, -0.25) is 0 Å². The van der Waals surface area contributed by atoms with Gasteiger partial charge in [0, 0.05) is 4.90 Å². The molecule has 1 N–H and O–H groups in total. The van der Waals surface area contributed by atoms with Crippen molar-refractivity contribution in [2.45, 2.75) is 11.5 Å². The number of benzene rings is 2. The van der Waals surface area contributed by atoms with Crippen LogP contribution in [-0.4, -0.2) is 17.3 Å². The third kappa shape index (κ3) is 3.30. The van der Waals surface area contributed by atoms with Gasteiger partial charge in [-0.15, -0.1) is 11.8 Å². The molecular formula is C15H13FO3S. The Morgan fingerprint density at radius 1 is 1.30 bits per heavy atom. The molecule has 0 radical (unpaired) electrons. The molecule has 2 rings (SSSR count). The van der Waals surface area contributed by atoms with Crippen molar-refractivity contribution in [2.24, 2.45) is 0 Å². The van der Waals surface area contributed by atoms with Crippen molar-refractivity contribution in [2.75, 3.05) is 6.26 Å². The maximum absolute atomic E-state index is 13.3. The largest absolute Gasteiger partial charge is 0.488 e. The number of aromatic carboxylic acids is 1. The van der Waals surface area contributed by atoms with Gasteiger partial charge in [-0.1, -0.05) is 18.2 Å². The van der Waals surface area contributed by atoms with E-state index in [-0.39, 0.29) is 12.2 Å². The summed E-state index contributed by atoms with van der Waals surface area (Å²) in [5, 5.41) is 8.87. The number of hydrogen-bond acceptors (Lipinski definition) is 3. The number of carboxylic acid groups (broad SMARTS) is 1. The summed E-state index contributed by atoms with van der Waals surface area (Å²) in [5.74, 6) is -1.30. The molecule has 0 aliphatic heterocycles. The third-order valence-corrected chi connectivity index (χ3v) is 3.50. The molecule has 3 nitrogen and oxygen atoms in total. The summed E-state index contributed by atoms with van der Waals surface area (Å²) >= 11 is 1.56. The standard InChI is InChI=1S/C15H13FO3S/c1-20-14-5-3-2-4-13(14)19-9-10-6-7-12(16)11(8-10)15(17)18/h2-8H,9H2,1H3,(H,17,18).